The Morgan fingerprint density at radius 2 is 1.94 bits per heavy atom. The molecule has 1 unspecified atom stereocenters. The van der Waals surface area contributed by atoms with E-state index in [4.69, 9.17) is 5.11 Å². The molecule has 1 rings (SSSR count). The molecule has 3 nitrogen and oxygen atoms in total. The summed E-state index contributed by atoms with van der Waals surface area (Å²) in [5.41, 5.74) is 1.08. The molecule has 1 atom stereocenters. The van der Waals surface area contributed by atoms with E-state index in [0.717, 1.165) is 18.5 Å². The van der Waals surface area contributed by atoms with E-state index in [2.05, 4.69) is 11.8 Å². The number of carboxylic acid groups (broad SMARTS) is 1. The van der Waals surface area contributed by atoms with Crippen molar-refractivity contribution in [3.63, 3.8) is 0 Å². The summed E-state index contributed by atoms with van der Waals surface area (Å²) < 4.78 is 0. The zero-order valence-corrected chi connectivity index (χ0v) is 11.3. The van der Waals surface area contributed by atoms with E-state index < -0.39 is 5.97 Å². The minimum atomic E-state index is -0.744. The van der Waals surface area contributed by atoms with Gasteiger partial charge in [-0.15, -0.1) is 0 Å². The van der Waals surface area contributed by atoms with Gasteiger partial charge in [0.2, 0.25) is 0 Å². The van der Waals surface area contributed by atoms with Crippen molar-refractivity contribution in [1.29, 1.82) is 0 Å². The van der Waals surface area contributed by atoms with Gasteiger partial charge in [0.1, 0.15) is 0 Å². The number of carboxylic acids is 1. The predicted octanol–water partition coefficient (Wildman–Crippen LogP) is 3.32. The van der Waals surface area contributed by atoms with Crippen LogP contribution in [-0.4, -0.2) is 29.6 Å². The Labute approximate surface area is 109 Å². The first kappa shape index (κ1) is 14.7. The van der Waals surface area contributed by atoms with Crippen molar-refractivity contribution < 1.29 is 9.90 Å². The summed E-state index contributed by atoms with van der Waals surface area (Å²) in [5, 5.41) is 9.04. The van der Waals surface area contributed by atoms with Gasteiger partial charge in [-0.25, -0.2) is 0 Å². The quantitative estimate of drug-likeness (QED) is 0.718. The third-order valence-electron chi connectivity index (χ3n) is 3.20. The molecule has 1 aromatic rings. The van der Waals surface area contributed by atoms with Crippen LogP contribution in [0.5, 0.6) is 0 Å². The number of aliphatic carboxylic acids is 1. The standard InChI is InChI=1S/C15H23NO2/c1-3-4-8-11-16(2)14(12-15(17)18)13-9-6-5-7-10-13/h5-7,9-10,14H,3-4,8,11-12H2,1-2H3,(H,17,18). The van der Waals surface area contributed by atoms with Gasteiger partial charge in [0.05, 0.1) is 6.42 Å². The van der Waals surface area contributed by atoms with Crippen molar-refractivity contribution >= 4 is 5.97 Å². The second-order valence-electron chi connectivity index (χ2n) is 4.71. The third-order valence-corrected chi connectivity index (χ3v) is 3.20. The van der Waals surface area contributed by atoms with Crippen LogP contribution in [0.3, 0.4) is 0 Å². The molecular formula is C15H23NO2. The minimum absolute atomic E-state index is 0.0273. The van der Waals surface area contributed by atoms with Crippen LogP contribution in [0, 0.1) is 0 Å². The van der Waals surface area contributed by atoms with Crippen LogP contribution in [0.2, 0.25) is 0 Å². The zero-order chi connectivity index (χ0) is 13.4. The van der Waals surface area contributed by atoms with Crippen LogP contribution in [0.1, 0.15) is 44.2 Å². The lowest BCUT2D eigenvalue weighted by Gasteiger charge is -2.27. The van der Waals surface area contributed by atoms with Gasteiger partial charge in [0.25, 0.3) is 0 Å². The van der Waals surface area contributed by atoms with Crippen LogP contribution in [-0.2, 0) is 4.79 Å². The topological polar surface area (TPSA) is 40.5 Å². The first-order chi connectivity index (χ1) is 8.65. The van der Waals surface area contributed by atoms with Gasteiger partial charge in [0, 0.05) is 6.04 Å². The molecule has 1 N–H and O–H groups in total. The fourth-order valence-electron chi connectivity index (χ4n) is 2.14. The highest BCUT2D eigenvalue weighted by molar-refractivity contribution is 5.67. The molecule has 0 aliphatic carbocycles. The first-order valence-corrected chi connectivity index (χ1v) is 6.62. The number of carbonyl (C=O) groups is 1. The summed E-state index contributed by atoms with van der Waals surface area (Å²) >= 11 is 0. The molecule has 0 saturated heterocycles. The summed E-state index contributed by atoms with van der Waals surface area (Å²) in [6.07, 6.45) is 3.66. The van der Waals surface area contributed by atoms with Crippen LogP contribution in [0.4, 0.5) is 0 Å². The van der Waals surface area contributed by atoms with Gasteiger partial charge in [-0.3, -0.25) is 9.69 Å². The van der Waals surface area contributed by atoms with Gasteiger partial charge in [-0.1, -0.05) is 50.1 Å². The third kappa shape index (κ3) is 4.88. The van der Waals surface area contributed by atoms with Crippen molar-refractivity contribution in [3.8, 4) is 0 Å². The number of hydrogen-bond donors (Lipinski definition) is 1. The Kier molecular flexibility index (Phi) is 6.44. The largest absolute Gasteiger partial charge is 0.481 e. The highest BCUT2D eigenvalue weighted by atomic mass is 16.4. The van der Waals surface area contributed by atoms with Gasteiger partial charge < -0.3 is 5.11 Å². The lowest BCUT2D eigenvalue weighted by molar-refractivity contribution is -0.138. The second kappa shape index (κ2) is 7.88. The maximum atomic E-state index is 11.0. The molecule has 0 spiro atoms. The van der Waals surface area contributed by atoms with Gasteiger partial charge in [-0.05, 0) is 25.6 Å². The molecule has 0 saturated carbocycles. The molecule has 0 aromatic heterocycles. The van der Waals surface area contributed by atoms with Crippen molar-refractivity contribution in [2.24, 2.45) is 0 Å². The summed E-state index contributed by atoms with van der Waals surface area (Å²) in [6.45, 7) is 3.12. The fourth-order valence-corrected chi connectivity index (χ4v) is 2.14. The van der Waals surface area contributed by atoms with E-state index in [-0.39, 0.29) is 12.5 Å². The Morgan fingerprint density at radius 3 is 2.50 bits per heavy atom. The molecule has 0 aliphatic rings. The zero-order valence-electron chi connectivity index (χ0n) is 11.3. The summed E-state index contributed by atoms with van der Waals surface area (Å²) in [4.78, 5) is 13.1. The van der Waals surface area contributed by atoms with E-state index in [1.807, 2.05) is 37.4 Å². The van der Waals surface area contributed by atoms with Crippen LogP contribution in [0.25, 0.3) is 0 Å². The minimum Gasteiger partial charge on any atom is -0.481 e. The lowest BCUT2D eigenvalue weighted by Crippen LogP contribution is -2.27. The van der Waals surface area contributed by atoms with Crippen molar-refractivity contribution in [2.45, 2.75) is 38.6 Å². The monoisotopic (exact) mass is 249 g/mol. The molecule has 0 bridgehead atoms. The van der Waals surface area contributed by atoms with E-state index in [1.54, 1.807) is 0 Å². The molecule has 18 heavy (non-hydrogen) atoms. The van der Waals surface area contributed by atoms with E-state index in [1.165, 1.54) is 12.8 Å². The maximum Gasteiger partial charge on any atom is 0.305 e. The Balaban J connectivity index is 2.69. The van der Waals surface area contributed by atoms with E-state index in [9.17, 15) is 4.79 Å². The summed E-state index contributed by atoms with van der Waals surface area (Å²) in [6, 6.07) is 9.86. The number of benzene rings is 1. The summed E-state index contributed by atoms with van der Waals surface area (Å²) in [7, 11) is 2.01. The summed E-state index contributed by atoms with van der Waals surface area (Å²) in [5.74, 6) is -0.744. The smallest absolute Gasteiger partial charge is 0.305 e. The normalized spacial score (nSPS) is 12.6. The number of nitrogens with zero attached hydrogens (tertiary/aromatic N) is 1. The highest BCUT2D eigenvalue weighted by Gasteiger charge is 2.19. The predicted molar refractivity (Wildman–Crippen MR) is 73.6 cm³/mol. The average molecular weight is 249 g/mol. The Morgan fingerprint density at radius 1 is 1.28 bits per heavy atom. The molecule has 0 fully saturated rings. The SMILES string of the molecule is CCCCCN(C)C(CC(=O)O)c1ccccc1. The molecule has 0 heterocycles. The highest BCUT2D eigenvalue weighted by Crippen LogP contribution is 2.23. The van der Waals surface area contributed by atoms with Gasteiger partial charge in [-0.2, -0.15) is 0 Å². The van der Waals surface area contributed by atoms with Crippen molar-refractivity contribution in [1.82, 2.24) is 4.90 Å². The number of unbranched alkanes of at least 4 members (excludes halogenated alkanes) is 2. The molecule has 100 valence electrons. The molecule has 0 amide bonds. The fraction of sp³-hybridized carbons (Fsp3) is 0.533. The molecule has 3 heteroatoms. The van der Waals surface area contributed by atoms with Gasteiger partial charge in [0.15, 0.2) is 0 Å². The van der Waals surface area contributed by atoms with E-state index >= 15 is 0 Å². The van der Waals surface area contributed by atoms with Crippen molar-refractivity contribution in [2.75, 3.05) is 13.6 Å². The first-order valence-electron chi connectivity index (χ1n) is 6.62. The Hall–Kier alpha value is -1.35. The molecule has 0 radical (unpaired) electrons. The number of rotatable bonds is 8. The van der Waals surface area contributed by atoms with Crippen LogP contribution < -0.4 is 0 Å². The van der Waals surface area contributed by atoms with Crippen molar-refractivity contribution in [3.05, 3.63) is 35.9 Å². The van der Waals surface area contributed by atoms with E-state index in [0.29, 0.717) is 0 Å². The lowest BCUT2D eigenvalue weighted by atomic mass is 10.0. The second-order valence-corrected chi connectivity index (χ2v) is 4.71. The van der Waals surface area contributed by atoms with Crippen LogP contribution in [0.15, 0.2) is 30.3 Å². The average Bonchev–Trinajstić information content (AvgIpc) is 2.37. The number of hydrogen-bond acceptors (Lipinski definition) is 2. The Bertz CT molecular complexity index is 351. The molecule has 0 aliphatic heterocycles. The van der Waals surface area contributed by atoms with Crippen LogP contribution >= 0.6 is 0 Å². The maximum absolute atomic E-state index is 11.0. The molecule has 1 aromatic carbocycles. The van der Waals surface area contributed by atoms with Gasteiger partial charge >= 0.3 is 5.97 Å². The molecular weight excluding hydrogens is 226 g/mol.